The van der Waals surface area contributed by atoms with Crippen LogP contribution in [-0.4, -0.2) is 63.2 Å². The predicted octanol–water partition coefficient (Wildman–Crippen LogP) is 2.22. The molecule has 1 aromatic rings. The second-order valence-electron chi connectivity index (χ2n) is 7.12. The third kappa shape index (κ3) is 4.26. The number of H-pyrrole nitrogens is 1. The number of nitrogens with zero attached hydrogens (tertiary/aromatic N) is 4. The minimum absolute atomic E-state index is 0.00422. The maximum absolute atomic E-state index is 12.6. The summed E-state index contributed by atoms with van der Waals surface area (Å²) < 4.78 is 0. The fraction of sp³-hybridized carbons (Fsp3) is 0.824. The van der Waals surface area contributed by atoms with E-state index in [0.29, 0.717) is 5.82 Å². The third-order valence-corrected chi connectivity index (χ3v) is 5.25. The smallest absolute Gasteiger partial charge is 0.318 e. The number of hydrogen-bond donors (Lipinski definition) is 2. The van der Waals surface area contributed by atoms with E-state index in [2.05, 4.69) is 25.4 Å². The van der Waals surface area contributed by atoms with Crippen molar-refractivity contribution < 1.29 is 4.79 Å². The van der Waals surface area contributed by atoms with E-state index < -0.39 is 0 Å². The van der Waals surface area contributed by atoms with Crippen molar-refractivity contribution in [1.82, 2.24) is 30.3 Å². The van der Waals surface area contributed by atoms with E-state index in [4.69, 9.17) is 0 Å². The van der Waals surface area contributed by atoms with Crippen LogP contribution < -0.4 is 5.32 Å². The lowest BCUT2D eigenvalue weighted by Gasteiger charge is -2.33. The summed E-state index contributed by atoms with van der Waals surface area (Å²) in [6.45, 7) is 7.53. The molecule has 0 aromatic carbocycles. The summed E-state index contributed by atoms with van der Waals surface area (Å²) >= 11 is 0. The van der Waals surface area contributed by atoms with Crippen molar-refractivity contribution in [2.75, 3.05) is 26.2 Å². The van der Waals surface area contributed by atoms with Gasteiger partial charge in [0.05, 0.1) is 6.04 Å². The lowest BCUT2D eigenvalue weighted by atomic mass is 9.94. The Morgan fingerprint density at radius 1 is 1.17 bits per heavy atom. The SMILES string of the molecule is Cc1nc([C@H](C)NC(=O)N2CCCN(C3CCCCC3)CC2)n[nH]1. The van der Waals surface area contributed by atoms with E-state index in [0.717, 1.165) is 44.5 Å². The average Bonchev–Trinajstić information content (AvgIpc) is 2.88. The fourth-order valence-electron chi connectivity index (χ4n) is 3.85. The molecular weight excluding hydrogens is 304 g/mol. The highest BCUT2D eigenvalue weighted by molar-refractivity contribution is 5.74. The van der Waals surface area contributed by atoms with Crippen molar-refractivity contribution in [1.29, 1.82) is 0 Å². The molecule has 1 aromatic heterocycles. The highest BCUT2D eigenvalue weighted by Crippen LogP contribution is 2.23. The molecule has 3 rings (SSSR count). The van der Waals surface area contributed by atoms with Gasteiger partial charge in [0, 0.05) is 32.2 Å². The molecule has 24 heavy (non-hydrogen) atoms. The van der Waals surface area contributed by atoms with Crippen molar-refractivity contribution in [3.05, 3.63) is 11.6 Å². The molecule has 0 radical (unpaired) electrons. The molecule has 2 aliphatic rings. The van der Waals surface area contributed by atoms with Crippen molar-refractivity contribution in [2.24, 2.45) is 0 Å². The van der Waals surface area contributed by atoms with E-state index >= 15 is 0 Å². The summed E-state index contributed by atoms with van der Waals surface area (Å²) in [5.41, 5.74) is 0. The van der Waals surface area contributed by atoms with Gasteiger partial charge in [0.25, 0.3) is 0 Å². The van der Waals surface area contributed by atoms with Crippen molar-refractivity contribution in [2.45, 2.75) is 64.5 Å². The van der Waals surface area contributed by atoms with Crippen LogP contribution in [0, 0.1) is 6.92 Å². The molecule has 2 amide bonds. The fourth-order valence-corrected chi connectivity index (χ4v) is 3.85. The molecule has 2 fully saturated rings. The third-order valence-electron chi connectivity index (χ3n) is 5.25. The summed E-state index contributed by atoms with van der Waals surface area (Å²) in [4.78, 5) is 21.4. The highest BCUT2D eigenvalue weighted by atomic mass is 16.2. The Morgan fingerprint density at radius 2 is 1.96 bits per heavy atom. The van der Waals surface area contributed by atoms with Crippen molar-refractivity contribution in [3.63, 3.8) is 0 Å². The molecule has 134 valence electrons. The Morgan fingerprint density at radius 3 is 2.67 bits per heavy atom. The van der Waals surface area contributed by atoms with Crippen LogP contribution in [0.5, 0.6) is 0 Å². The quantitative estimate of drug-likeness (QED) is 0.888. The summed E-state index contributed by atoms with van der Waals surface area (Å²) in [7, 11) is 0. The van der Waals surface area contributed by atoms with E-state index in [9.17, 15) is 4.79 Å². The second kappa shape index (κ2) is 7.96. The van der Waals surface area contributed by atoms with Gasteiger partial charge < -0.3 is 10.2 Å². The number of amides is 2. The van der Waals surface area contributed by atoms with Crippen LogP contribution in [-0.2, 0) is 0 Å². The summed E-state index contributed by atoms with van der Waals surface area (Å²) in [6.07, 6.45) is 7.81. The molecule has 2 heterocycles. The monoisotopic (exact) mass is 334 g/mol. The van der Waals surface area contributed by atoms with Crippen LogP contribution in [0.4, 0.5) is 4.79 Å². The van der Waals surface area contributed by atoms with Gasteiger partial charge in [-0.05, 0) is 33.1 Å². The Balaban J connectivity index is 1.50. The zero-order valence-corrected chi connectivity index (χ0v) is 14.9. The van der Waals surface area contributed by atoms with Crippen LogP contribution in [0.25, 0.3) is 0 Å². The van der Waals surface area contributed by atoms with Gasteiger partial charge in [-0.15, -0.1) is 0 Å². The Bertz CT molecular complexity index is 539. The molecule has 2 N–H and O–H groups in total. The number of carbonyl (C=O) groups is 1. The molecule has 1 saturated carbocycles. The van der Waals surface area contributed by atoms with Crippen LogP contribution in [0.15, 0.2) is 0 Å². The maximum atomic E-state index is 12.6. The normalized spacial score (nSPS) is 22.2. The first-order chi connectivity index (χ1) is 11.6. The van der Waals surface area contributed by atoms with Gasteiger partial charge in [0.15, 0.2) is 5.82 Å². The minimum Gasteiger partial charge on any atom is -0.328 e. The summed E-state index contributed by atoms with van der Waals surface area (Å²) in [5, 5.41) is 9.97. The molecular formula is C17H30N6O. The van der Waals surface area contributed by atoms with Gasteiger partial charge in [-0.25, -0.2) is 9.78 Å². The zero-order chi connectivity index (χ0) is 16.9. The first-order valence-corrected chi connectivity index (χ1v) is 9.32. The lowest BCUT2D eigenvalue weighted by molar-refractivity contribution is 0.158. The molecule has 0 unspecified atom stereocenters. The number of aromatic amines is 1. The number of nitrogens with one attached hydrogen (secondary N) is 2. The summed E-state index contributed by atoms with van der Waals surface area (Å²) in [6, 6.07) is 0.549. The molecule has 7 nitrogen and oxygen atoms in total. The zero-order valence-electron chi connectivity index (χ0n) is 14.9. The van der Waals surface area contributed by atoms with Gasteiger partial charge in [-0.1, -0.05) is 19.3 Å². The molecule has 7 heteroatoms. The van der Waals surface area contributed by atoms with Crippen LogP contribution in [0.1, 0.15) is 63.1 Å². The Kier molecular flexibility index (Phi) is 5.71. The van der Waals surface area contributed by atoms with Gasteiger partial charge in [0.1, 0.15) is 5.82 Å². The van der Waals surface area contributed by atoms with Crippen LogP contribution in [0.2, 0.25) is 0 Å². The summed E-state index contributed by atoms with van der Waals surface area (Å²) in [5.74, 6) is 1.41. The van der Waals surface area contributed by atoms with E-state index in [1.165, 1.54) is 32.1 Å². The number of aryl methyl sites for hydroxylation is 1. The van der Waals surface area contributed by atoms with Crippen LogP contribution >= 0.6 is 0 Å². The molecule has 0 bridgehead atoms. The van der Waals surface area contributed by atoms with E-state index in [1.54, 1.807) is 0 Å². The number of rotatable bonds is 3. The van der Waals surface area contributed by atoms with Crippen molar-refractivity contribution in [3.8, 4) is 0 Å². The molecule has 1 saturated heterocycles. The topological polar surface area (TPSA) is 77.2 Å². The van der Waals surface area contributed by atoms with E-state index in [1.807, 2.05) is 18.7 Å². The first kappa shape index (κ1) is 17.2. The Labute approximate surface area is 144 Å². The van der Waals surface area contributed by atoms with E-state index in [-0.39, 0.29) is 12.1 Å². The van der Waals surface area contributed by atoms with Crippen LogP contribution in [0.3, 0.4) is 0 Å². The highest BCUT2D eigenvalue weighted by Gasteiger charge is 2.26. The van der Waals surface area contributed by atoms with Gasteiger partial charge >= 0.3 is 6.03 Å². The predicted molar refractivity (Wildman–Crippen MR) is 92.7 cm³/mol. The molecule has 1 aliphatic heterocycles. The molecule has 1 atom stereocenters. The number of aromatic nitrogens is 3. The van der Waals surface area contributed by atoms with Gasteiger partial charge in [0.2, 0.25) is 0 Å². The Hall–Kier alpha value is -1.63. The van der Waals surface area contributed by atoms with Gasteiger partial charge in [-0.2, -0.15) is 5.10 Å². The average molecular weight is 334 g/mol. The number of carbonyl (C=O) groups excluding carboxylic acids is 1. The second-order valence-corrected chi connectivity index (χ2v) is 7.12. The minimum atomic E-state index is -0.180. The maximum Gasteiger partial charge on any atom is 0.318 e. The lowest BCUT2D eigenvalue weighted by Crippen LogP contribution is -2.44. The standard InChI is InChI=1S/C17H30N6O/c1-13(16-19-14(2)20-21-16)18-17(24)23-10-6-9-22(11-12-23)15-7-4-3-5-8-15/h13,15H,3-12H2,1-2H3,(H,18,24)(H,19,20,21)/t13-/m0/s1. The largest absolute Gasteiger partial charge is 0.328 e. The number of urea groups is 1. The molecule has 1 aliphatic carbocycles. The van der Waals surface area contributed by atoms with Gasteiger partial charge in [-0.3, -0.25) is 10.00 Å². The first-order valence-electron chi connectivity index (χ1n) is 9.32. The van der Waals surface area contributed by atoms with Crippen molar-refractivity contribution >= 4 is 6.03 Å². The molecule has 0 spiro atoms. The number of hydrogen-bond acceptors (Lipinski definition) is 4.